The minimum Gasteiger partial charge on any atom is -0.388 e. The first-order valence-electron chi connectivity index (χ1n) is 8.23. The molecule has 1 saturated heterocycles. The standard InChI is InChI=1S/C16H24N4O2S.ClH/c17-10-16-18-15(19-22-16)11-20-7-3-1-2-5-12(20)9-13(21)14-6-4-8-23-14;/h4,6,8,12-13,21H,1-3,5,7,9-11,17H2;1H. The van der Waals surface area contributed by atoms with Gasteiger partial charge in [0.1, 0.15) is 0 Å². The first-order chi connectivity index (χ1) is 11.3. The van der Waals surface area contributed by atoms with Crippen LogP contribution in [0.2, 0.25) is 0 Å². The molecule has 6 nitrogen and oxygen atoms in total. The van der Waals surface area contributed by atoms with Gasteiger partial charge in [0, 0.05) is 10.9 Å². The van der Waals surface area contributed by atoms with Crippen LogP contribution < -0.4 is 5.73 Å². The Bertz CT molecular complexity index is 593. The monoisotopic (exact) mass is 372 g/mol. The number of thiophene rings is 1. The molecular weight excluding hydrogens is 348 g/mol. The lowest BCUT2D eigenvalue weighted by Gasteiger charge is -2.30. The summed E-state index contributed by atoms with van der Waals surface area (Å²) in [7, 11) is 0. The molecule has 1 aliphatic rings. The zero-order valence-corrected chi connectivity index (χ0v) is 15.3. The van der Waals surface area contributed by atoms with Crippen molar-refractivity contribution < 1.29 is 9.63 Å². The average molecular weight is 373 g/mol. The zero-order valence-electron chi connectivity index (χ0n) is 13.6. The van der Waals surface area contributed by atoms with Crippen LogP contribution in [-0.4, -0.2) is 32.7 Å². The van der Waals surface area contributed by atoms with Crippen LogP contribution in [0.15, 0.2) is 22.0 Å². The van der Waals surface area contributed by atoms with Gasteiger partial charge in [-0.2, -0.15) is 4.98 Å². The molecule has 0 aromatic carbocycles. The van der Waals surface area contributed by atoms with Crippen LogP contribution in [0.4, 0.5) is 0 Å². The number of hydrogen-bond donors (Lipinski definition) is 2. The molecule has 3 heterocycles. The number of aromatic nitrogens is 2. The number of rotatable bonds is 6. The zero-order chi connectivity index (χ0) is 16.1. The second-order valence-corrected chi connectivity index (χ2v) is 7.03. The van der Waals surface area contributed by atoms with Gasteiger partial charge in [-0.1, -0.05) is 24.1 Å². The van der Waals surface area contributed by atoms with Crippen molar-refractivity contribution in [3.8, 4) is 0 Å². The van der Waals surface area contributed by atoms with E-state index in [4.69, 9.17) is 10.3 Å². The number of aliphatic hydroxyl groups is 1. The Hall–Kier alpha value is -0.990. The number of halogens is 1. The Morgan fingerprint density at radius 1 is 1.42 bits per heavy atom. The van der Waals surface area contributed by atoms with Crippen LogP contribution in [0, 0.1) is 0 Å². The Kier molecular flexibility index (Phi) is 7.64. The quantitative estimate of drug-likeness (QED) is 0.810. The number of nitrogens with two attached hydrogens (primary N) is 1. The first-order valence-corrected chi connectivity index (χ1v) is 9.11. The van der Waals surface area contributed by atoms with Crippen molar-refractivity contribution >= 4 is 23.7 Å². The Morgan fingerprint density at radius 2 is 2.29 bits per heavy atom. The fourth-order valence-corrected chi connectivity index (χ4v) is 3.91. The third-order valence-electron chi connectivity index (χ3n) is 4.40. The molecule has 1 aliphatic heterocycles. The molecule has 0 saturated carbocycles. The summed E-state index contributed by atoms with van der Waals surface area (Å²) in [6, 6.07) is 4.33. The highest BCUT2D eigenvalue weighted by Crippen LogP contribution is 2.29. The second kappa shape index (κ2) is 9.48. The van der Waals surface area contributed by atoms with Crippen molar-refractivity contribution in [2.24, 2.45) is 5.73 Å². The lowest BCUT2D eigenvalue weighted by molar-refractivity contribution is 0.0976. The normalized spacial score (nSPS) is 20.3. The summed E-state index contributed by atoms with van der Waals surface area (Å²) in [5, 5.41) is 16.5. The number of likely N-dealkylation sites (tertiary alicyclic amines) is 1. The van der Waals surface area contributed by atoms with E-state index in [0.29, 0.717) is 24.3 Å². The SMILES string of the molecule is Cl.NCc1nc(CN2CCCCCC2CC(O)c2cccs2)no1. The van der Waals surface area contributed by atoms with Crippen molar-refractivity contribution in [1.29, 1.82) is 0 Å². The van der Waals surface area contributed by atoms with Crippen molar-refractivity contribution in [2.75, 3.05) is 6.54 Å². The van der Waals surface area contributed by atoms with Gasteiger partial charge in [0.25, 0.3) is 0 Å². The number of nitrogens with zero attached hydrogens (tertiary/aromatic N) is 3. The number of aliphatic hydroxyl groups excluding tert-OH is 1. The molecule has 3 rings (SSSR count). The number of hydrogen-bond acceptors (Lipinski definition) is 7. The molecule has 0 radical (unpaired) electrons. The third-order valence-corrected chi connectivity index (χ3v) is 5.37. The predicted octanol–water partition coefficient (Wildman–Crippen LogP) is 2.88. The Balaban J connectivity index is 0.00000208. The highest BCUT2D eigenvalue weighted by Gasteiger charge is 2.26. The topological polar surface area (TPSA) is 88.4 Å². The lowest BCUT2D eigenvalue weighted by atomic mass is 10.0. The smallest absolute Gasteiger partial charge is 0.240 e. The molecule has 0 bridgehead atoms. The van der Waals surface area contributed by atoms with E-state index >= 15 is 0 Å². The molecule has 0 spiro atoms. The van der Waals surface area contributed by atoms with Gasteiger partial charge in [-0.15, -0.1) is 23.7 Å². The highest BCUT2D eigenvalue weighted by molar-refractivity contribution is 7.10. The van der Waals surface area contributed by atoms with Crippen LogP contribution in [0.5, 0.6) is 0 Å². The van der Waals surface area contributed by atoms with E-state index in [1.165, 1.54) is 19.3 Å². The first kappa shape index (κ1) is 19.3. The lowest BCUT2D eigenvalue weighted by Crippen LogP contribution is -2.35. The minimum atomic E-state index is -0.398. The van der Waals surface area contributed by atoms with E-state index in [1.807, 2.05) is 17.5 Å². The summed E-state index contributed by atoms with van der Waals surface area (Å²) in [5.74, 6) is 1.16. The molecule has 2 aromatic heterocycles. The fourth-order valence-electron chi connectivity index (χ4n) is 3.19. The van der Waals surface area contributed by atoms with Gasteiger partial charge in [-0.25, -0.2) is 0 Å². The third kappa shape index (κ3) is 5.00. The molecule has 2 unspecified atom stereocenters. The van der Waals surface area contributed by atoms with Gasteiger partial charge >= 0.3 is 0 Å². The van der Waals surface area contributed by atoms with Crippen LogP contribution in [-0.2, 0) is 13.1 Å². The van der Waals surface area contributed by atoms with E-state index in [-0.39, 0.29) is 19.0 Å². The van der Waals surface area contributed by atoms with E-state index in [0.717, 1.165) is 24.3 Å². The van der Waals surface area contributed by atoms with Gasteiger partial charge in [-0.3, -0.25) is 4.90 Å². The molecule has 3 N–H and O–H groups in total. The van der Waals surface area contributed by atoms with Crippen LogP contribution in [0.1, 0.15) is 54.8 Å². The highest BCUT2D eigenvalue weighted by atomic mass is 35.5. The van der Waals surface area contributed by atoms with Crippen molar-refractivity contribution in [1.82, 2.24) is 15.0 Å². The molecule has 0 amide bonds. The van der Waals surface area contributed by atoms with Crippen LogP contribution >= 0.6 is 23.7 Å². The summed E-state index contributed by atoms with van der Waals surface area (Å²) in [5.41, 5.74) is 5.53. The Labute approximate surface area is 152 Å². The summed E-state index contributed by atoms with van der Waals surface area (Å²) >= 11 is 1.61. The molecule has 2 atom stereocenters. The second-order valence-electron chi connectivity index (χ2n) is 6.05. The minimum absolute atomic E-state index is 0. The average Bonchev–Trinajstić information content (AvgIpc) is 3.19. The largest absolute Gasteiger partial charge is 0.388 e. The fraction of sp³-hybridized carbons (Fsp3) is 0.625. The van der Waals surface area contributed by atoms with Gasteiger partial charge in [-0.05, 0) is 37.3 Å². The molecule has 1 fully saturated rings. The molecule has 134 valence electrons. The van der Waals surface area contributed by atoms with Crippen LogP contribution in [0.25, 0.3) is 0 Å². The molecular formula is C16H25ClN4O2S. The molecule has 2 aromatic rings. The maximum absolute atomic E-state index is 10.5. The van der Waals surface area contributed by atoms with E-state index in [2.05, 4.69) is 15.0 Å². The summed E-state index contributed by atoms with van der Waals surface area (Å²) in [6.07, 6.45) is 5.07. The van der Waals surface area contributed by atoms with Crippen LogP contribution in [0.3, 0.4) is 0 Å². The molecule has 24 heavy (non-hydrogen) atoms. The summed E-state index contributed by atoms with van der Waals surface area (Å²) in [6.45, 7) is 1.94. The van der Waals surface area contributed by atoms with Gasteiger partial charge in [0.05, 0.1) is 19.2 Å². The van der Waals surface area contributed by atoms with E-state index in [1.54, 1.807) is 11.3 Å². The van der Waals surface area contributed by atoms with Gasteiger partial charge in [0.15, 0.2) is 5.82 Å². The Morgan fingerprint density at radius 3 is 3.00 bits per heavy atom. The van der Waals surface area contributed by atoms with Crippen molar-refractivity contribution in [2.45, 2.75) is 57.3 Å². The van der Waals surface area contributed by atoms with Crippen molar-refractivity contribution in [3.63, 3.8) is 0 Å². The predicted molar refractivity (Wildman–Crippen MR) is 96.0 cm³/mol. The van der Waals surface area contributed by atoms with E-state index < -0.39 is 6.10 Å². The maximum atomic E-state index is 10.5. The molecule has 0 aliphatic carbocycles. The molecule has 8 heteroatoms. The van der Waals surface area contributed by atoms with Gasteiger partial charge < -0.3 is 15.4 Å². The van der Waals surface area contributed by atoms with E-state index in [9.17, 15) is 5.11 Å². The summed E-state index contributed by atoms with van der Waals surface area (Å²) in [4.78, 5) is 7.74. The summed E-state index contributed by atoms with van der Waals surface area (Å²) < 4.78 is 5.10. The van der Waals surface area contributed by atoms with Gasteiger partial charge in [0.2, 0.25) is 5.89 Å². The maximum Gasteiger partial charge on any atom is 0.240 e. The van der Waals surface area contributed by atoms with Crippen molar-refractivity contribution in [3.05, 3.63) is 34.1 Å².